The number of benzene rings is 1. The Balaban J connectivity index is 2.31. The molecular weight excluding hydrogens is 264 g/mol. The number of carbonyl (C=O) groups excluding carboxylic acids is 2. The predicted octanol–water partition coefficient (Wildman–Crippen LogP) is 0.631. The molecule has 19 heavy (non-hydrogen) atoms. The smallest absolute Gasteiger partial charge is 0.251 e. The maximum Gasteiger partial charge on any atom is 0.251 e. The third kappa shape index (κ3) is 5.76. The molecule has 0 aromatic heterocycles. The summed E-state index contributed by atoms with van der Waals surface area (Å²) in [6.45, 7) is 0.776. The van der Waals surface area contributed by atoms with Gasteiger partial charge in [0, 0.05) is 30.0 Å². The summed E-state index contributed by atoms with van der Waals surface area (Å²) >= 11 is 1.69. The van der Waals surface area contributed by atoms with Gasteiger partial charge in [-0.15, -0.1) is 0 Å². The van der Waals surface area contributed by atoms with Gasteiger partial charge in [-0.3, -0.25) is 9.59 Å². The predicted molar refractivity (Wildman–Crippen MR) is 76.3 cm³/mol. The molecule has 0 heterocycles. The first-order chi connectivity index (χ1) is 9.15. The number of amides is 2. The molecule has 4 N–H and O–H groups in total. The van der Waals surface area contributed by atoms with Crippen molar-refractivity contribution in [2.45, 2.75) is 6.42 Å². The van der Waals surface area contributed by atoms with Crippen LogP contribution in [0.4, 0.5) is 0 Å². The molecule has 0 saturated carbocycles. The number of hydrogen-bond acceptors (Lipinski definition) is 4. The van der Waals surface area contributed by atoms with E-state index >= 15 is 0 Å². The van der Waals surface area contributed by atoms with Crippen molar-refractivity contribution in [3.8, 4) is 0 Å². The van der Waals surface area contributed by atoms with Crippen LogP contribution in [0.5, 0.6) is 0 Å². The van der Waals surface area contributed by atoms with E-state index in [1.807, 2.05) is 0 Å². The lowest BCUT2D eigenvalue weighted by Gasteiger charge is -2.05. The van der Waals surface area contributed by atoms with Gasteiger partial charge in [-0.2, -0.15) is 11.8 Å². The standard InChI is InChI=1S/C13H18N2O3S/c14-12(17)10-2-4-11(5-3-10)13(18)15-6-9-19-8-1-7-16/h2-5,16H,1,6-9H2,(H2,14,17)(H,15,18). The molecule has 0 spiro atoms. The molecule has 1 rings (SSSR count). The Morgan fingerprint density at radius 2 is 1.79 bits per heavy atom. The first-order valence-corrected chi connectivity index (χ1v) is 7.17. The SMILES string of the molecule is NC(=O)c1ccc(C(=O)NCCSCCCO)cc1. The van der Waals surface area contributed by atoms with E-state index in [1.165, 1.54) is 12.1 Å². The fourth-order valence-electron chi connectivity index (χ4n) is 1.39. The average Bonchev–Trinajstić information content (AvgIpc) is 2.42. The summed E-state index contributed by atoms with van der Waals surface area (Å²) in [7, 11) is 0. The van der Waals surface area contributed by atoms with E-state index in [0.29, 0.717) is 17.7 Å². The van der Waals surface area contributed by atoms with E-state index in [4.69, 9.17) is 10.8 Å². The summed E-state index contributed by atoms with van der Waals surface area (Å²) in [6, 6.07) is 6.23. The van der Waals surface area contributed by atoms with Gasteiger partial charge >= 0.3 is 0 Å². The van der Waals surface area contributed by atoms with Gasteiger partial charge in [0.15, 0.2) is 0 Å². The Labute approximate surface area is 116 Å². The molecule has 0 aliphatic heterocycles. The first kappa shape index (κ1) is 15.5. The number of nitrogens with two attached hydrogens (primary N) is 1. The van der Waals surface area contributed by atoms with Gasteiger partial charge in [0.05, 0.1) is 0 Å². The molecular formula is C13H18N2O3S. The lowest BCUT2D eigenvalue weighted by molar-refractivity contribution is 0.0953. The van der Waals surface area contributed by atoms with Gasteiger partial charge in [0.1, 0.15) is 0 Å². The van der Waals surface area contributed by atoms with E-state index in [-0.39, 0.29) is 12.5 Å². The molecule has 1 aromatic carbocycles. The van der Waals surface area contributed by atoms with Crippen LogP contribution in [0.2, 0.25) is 0 Å². The fraction of sp³-hybridized carbons (Fsp3) is 0.385. The van der Waals surface area contributed by atoms with Gasteiger partial charge in [-0.25, -0.2) is 0 Å². The van der Waals surface area contributed by atoms with E-state index in [0.717, 1.165) is 17.9 Å². The Morgan fingerprint density at radius 3 is 2.37 bits per heavy atom. The van der Waals surface area contributed by atoms with Gasteiger partial charge in [0.2, 0.25) is 5.91 Å². The van der Waals surface area contributed by atoms with Crippen LogP contribution in [-0.2, 0) is 0 Å². The summed E-state index contributed by atoms with van der Waals surface area (Å²) in [5.41, 5.74) is 6.01. The molecule has 0 aliphatic carbocycles. The van der Waals surface area contributed by atoms with Crippen LogP contribution in [0.1, 0.15) is 27.1 Å². The highest BCUT2D eigenvalue weighted by atomic mass is 32.2. The minimum atomic E-state index is -0.507. The van der Waals surface area contributed by atoms with E-state index in [9.17, 15) is 9.59 Å². The molecule has 0 aliphatic rings. The summed E-state index contributed by atoms with van der Waals surface area (Å²) in [5.74, 6) is 1.02. The molecule has 104 valence electrons. The van der Waals surface area contributed by atoms with Crippen molar-refractivity contribution < 1.29 is 14.7 Å². The van der Waals surface area contributed by atoms with Crippen LogP contribution < -0.4 is 11.1 Å². The van der Waals surface area contributed by atoms with Gasteiger partial charge in [-0.05, 0) is 36.4 Å². The molecule has 0 atom stereocenters. The molecule has 6 heteroatoms. The van der Waals surface area contributed by atoms with Crippen LogP contribution >= 0.6 is 11.8 Å². The van der Waals surface area contributed by atoms with Crippen molar-refractivity contribution in [3.05, 3.63) is 35.4 Å². The average molecular weight is 282 g/mol. The van der Waals surface area contributed by atoms with Crippen molar-refractivity contribution in [2.24, 2.45) is 5.73 Å². The molecule has 0 fully saturated rings. The Hall–Kier alpha value is -1.53. The number of rotatable bonds is 8. The quantitative estimate of drug-likeness (QED) is 0.610. The van der Waals surface area contributed by atoms with E-state index in [2.05, 4.69) is 5.32 Å². The number of hydrogen-bond donors (Lipinski definition) is 3. The van der Waals surface area contributed by atoms with Crippen molar-refractivity contribution in [2.75, 3.05) is 24.7 Å². The first-order valence-electron chi connectivity index (χ1n) is 6.02. The van der Waals surface area contributed by atoms with Crippen LogP contribution in [0.15, 0.2) is 24.3 Å². The molecule has 0 unspecified atom stereocenters. The minimum Gasteiger partial charge on any atom is -0.396 e. The summed E-state index contributed by atoms with van der Waals surface area (Å²) in [4.78, 5) is 22.6. The van der Waals surface area contributed by atoms with Crippen molar-refractivity contribution in [3.63, 3.8) is 0 Å². The second kappa shape index (κ2) is 8.55. The maximum atomic E-state index is 11.7. The van der Waals surface area contributed by atoms with E-state index in [1.54, 1.807) is 23.9 Å². The molecule has 0 saturated heterocycles. The Bertz CT molecular complexity index is 420. The number of aliphatic hydroxyl groups excluding tert-OH is 1. The third-order valence-corrected chi connectivity index (χ3v) is 3.48. The molecule has 0 bridgehead atoms. The number of aliphatic hydroxyl groups is 1. The topological polar surface area (TPSA) is 92.4 Å². The lowest BCUT2D eigenvalue weighted by atomic mass is 10.1. The lowest BCUT2D eigenvalue weighted by Crippen LogP contribution is -2.26. The van der Waals surface area contributed by atoms with Crippen LogP contribution in [0, 0.1) is 0 Å². The van der Waals surface area contributed by atoms with Gasteiger partial charge in [-0.1, -0.05) is 0 Å². The molecule has 2 amide bonds. The monoisotopic (exact) mass is 282 g/mol. The number of nitrogens with one attached hydrogen (secondary N) is 1. The zero-order valence-corrected chi connectivity index (χ0v) is 11.4. The normalized spacial score (nSPS) is 10.2. The van der Waals surface area contributed by atoms with Gasteiger partial charge < -0.3 is 16.2 Å². The minimum absolute atomic E-state index is 0.168. The summed E-state index contributed by atoms with van der Waals surface area (Å²) in [6.07, 6.45) is 0.771. The Kier molecular flexibility index (Phi) is 6.99. The largest absolute Gasteiger partial charge is 0.396 e. The molecule has 1 aromatic rings. The summed E-state index contributed by atoms with van der Waals surface area (Å²) < 4.78 is 0. The maximum absolute atomic E-state index is 11.7. The van der Waals surface area contributed by atoms with Crippen LogP contribution in [0.3, 0.4) is 0 Å². The second-order valence-electron chi connectivity index (χ2n) is 3.89. The summed E-state index contributed by atoms with van der Waals surface area (Å²) in [5, 5.41) is 11.4. The number of primary amides is 1. The second-order valence-corrected chi connectivity index (χ2v) is 5.11. The number of carbonyl (C=O) groups is 2. The highest BCUT2D eigenvalue weighted by Crippen LogP contribution is 2.04. The highest BCUT2D eigenvalue weighted by molar-refractivity contribution is 7.99. The zero-order valence-electron chi connectivity index (χ0n) is 10.6. The van der Waals surface area contributed by atoms with Crippen LogP contribution in [-0.4, -0.2) is 41.6 Å². The van der Waals surface area contributed by atoms with E-state index < -0.39 is 5.91 Å². The third-order valence-electron chi connectivity index (χ3n) is 2.41. The van der Waals surface area contributed by atoms with Crippen LogP contribution in [0.25, 0.3) is 0 Å². The highest BCUT2D eigenvalue weighted by Gasteiger charge is 2.06. The zero-order chi connectivity index (χ0) is 14.1. The van der Waals surface area contributed by atoms with Crippen molar-refractivity contribution in [1.82, 2.24) is 5.32 Å². The van der Waals surface area contributed by atoms with Gasteiger partial charge in [0.25, 0.3) is 5.91 Å². The number of thioether (sulfide) groups is 1. The van der Waals surface area contributed by atoms with Crippen molar-refractivity contribution in [1.29, 1.82) is 0 Å². The van der Waals surface area contributed by atoms with Crippen molar-refractivity contribution >= 4 is 23.6 Å². The fourth-order valence-corrected chi connectivity index (χ4v) is 2.18. The molecule has 5 nitrogen and oxygen atoms in total. The molecule has 0 radical (unpaired) electrons. The Morgan fingerprint density at radius 1 is 1.16 bits per heavy atom.